The quantitative estimate of drug-likeness (QED) is 0.430. The standard InChI is InChI=1S/C22H23F6N3O3S/c1-35(34)11-9-30(10-12-35)20(33)14-31-18(3-2-8-21(23,24)25)29-17(13-19(31)32)15-4-6-16(7-5-15)22(26,27)28/h4-7,13H,1-3,8-12,14H2. The summed E-state index contributed by atoms with van der Waals surface area (Å²) in [4.78, 5) is 31.2. The number of rotatable bonds is 6. The molecule has 2 heterocycles. The Morgan fingerprint density at radius 2 is 1.66 bits per heavy atom. The summed E-state index contributed by atoms with van der Waals surface area (Å²) in [5, 5.41) is 0. The van der Waals surface area contributed by atoms with Crippen molar-refractivity contribution in [3.63, 3.8) is 0 Å². The van der Waals surface area contributed by atoms with Gasteiger partial charge in [0.1, 0.15) is 12.4 Å². The fraction of sp³-hybridized carbons (Fsp3) is 0.455. The first-order valence-corrected chi connectivity index (χ1v) is 12.7. The number of alkyl halides is 6. The molecule has 192 valence electrons. The van der Waals surface area contributed by atoms with Crippen LogP contribution in [-0.4, -0.2) is 61.2 Å². The van der Waals surface area contributed by atoms with Crippen LogP contribution < -0.4 is 5.56 Å². The molecule has 1 saturated heterocycles. The van der Waals surface area contributed by atoms with Gasteiger partial charge in [0.25, 0.3) is 5.56 Å². The average Bonchev–Trinajstić information content (AvgIpc) is 2.74. The lowest BCUT2D eigenvalue weighted by atomic mass is 10.1. The number of hydrogen-bond donors (Lipinski definition) is 0. The number of carbonyl (C=O) groups excluding carboxylic acids is 1. The van der Waals surface area contributed by atoms with Gasteiger partial charge in [0, 0.05) is 49.1 Å². The number of benzene rings is 1. The predicted octanol–water partition coefficient (Wildman–Crippen LogP) is 3.37. The minimum absolute atomic E-state index is 0.01000. The highest BCUT2D eigenvalue weighted by Crippen LogP contribution is 2.30. The van der Waals surface area contributed by atoms with Crippen LogP contribution in [0.4, 0.5) is 26.3 Å². The van der Waals surface area contributed by atoms with E-state index in [1.54, 1.807) is 0 Å². The van der Waals surface area contributed by atoms with Gasteiger partial charge in [-0.25, -0.2) is 4.98 Å². The zero-order chi connectivity index (χ0) is 26.0. The molecular weight excluding hydrogens is 500 g/mol. The highest BCUT2D eigenvalue weighted by molar-refractivity contribution is 8.00. The summed E-state index contributed by atoms with van der Waals surface area (Å²) in [5.74, 6) is 3.46. The molecule has 1 fully saturated rings. The molecule has 35 heavy (non-hydrogen) atoms. The summed E-state index contributed by atoms with van der Waals surface area (Å²) < 4.78 is 89.5. The van der Waals surface area contributed by atoms with Gasteiger partial charge in [-0.05, 0) is 33.9 Å². The van der Waals surface area contributed by atoms with Crippen molar-refractivity contribution in [1.29, 1.82) is 0 Å². The van der Waals surface area contributed by atoms with E-state index in [4.69, 9.17) is 0 Å². The maximum Gasteiger partial charge on any atom is 0.416 e. The molecule has 1 amide bonds. The Bertz CT molecular complexity index is 1220. The van der Waals surface area contributed by atoms with Crippen molar-refractivity contribution in [2.24, 2.45) is 0 Å². The SMILES string of the molecule is C=S1(=O)CCN(C(=O)Cn2c(CCCC(F)(F)F)nc(-c3ccc(C(F)(F)F)cc3)cc2=O)CC1. The van der Waals surface area contributed by atoms with E-state index in [0.29, 0.717) is 0 Å². The molecule has 1 aliphatic rings. The van der Waals surface area contributed by atoms with E-state index < -0.39 is 58.3 Å². The Morgan fingerprint density at radius 3 is 2.20 bits per heavy atom. The molecule has 1 aromatic heterocycles. The van der Waals surface area contributed by atoms with E-state index in [1.807, 2.05) is 0 Å². The Balaban J connectivity index is 1.90. The summed E-state index contributed by atoms with van der Waals surface area (Å²) >= 11 is 0. The van der Waals surface area contributed by atoms with Gasteiger partial charge < -0.3 is 4.90 Å². The van der Waals surface area contributed by atoms with Crippen LogP contribution in [-0.2, 0) is 33.5 Å². The van der Waals surface area contributed by atoms with Crippen molar-refractivity contribution < 1.29 is 35.3 Å². The lowest BCUT2D eigenvalue weighted by Crippen LogP contribution is -2.46. The first-order valence-electron chi connectivity index (χ1n) is 10.6. The second kappa shape index (κ2) is 10.0. The van der Waals surface area contributed by atoms with Gasteiger partial charge >= 0.3 is 12.4 Å². The third-order valence-corrected chi connectivity index (χ3v) is 7.42. The second-order valence-corrected chi connectivity index (χ2v) is 11.0. The van der Waals surface area contributed by atoms with Crippen LogP contribution in [0.3, 0.4) is 0 Å². The summed E-state index contributed by atoms with van der Waals surface area (Å²) in [6, 6.07) is 4.88. The molecular formula is C22H23F6N3O3S. The fourth-order valence-electron chi connectivity index (χ4n) is 3.59. The third-order valence-electron chi connectivity index (χ3n) is 5.57. The van der Waals surface area contributed by atoms with Crippen LogP contribution in [0.2, 0.25) is 0 Å². The van der Waals surface area contributed by atoms with Crippen LogP contribution in [0.25, 0.3) is 11.3 Å². The van der Waals surface area contributed by atoms with E-state index in [0.717, 1.165) is 34.9 Å². The van der Waals surface area contributed by atoms with Gasteiger partial charge in [0.15, 0.2) is 0 Å². The van der Waals surface area contributed by atoms with Crippen molar-refractivity contribution in [1.82, 2.24) is 14.5 Å². The van der Waals surface area contributed by atoms with Crippen LogP contribution in [0.5, 0.6) is 0 Å². The van der Waals surface area contributed by atoms with Crippen molar-refractivity contribution in [3.05, 3.63) is 52.1 Å². The predicted molar refractivity (Wildman–Crippen MR) is 120 cm³/mol. The molecule has 0 aliphatic carbocycles. The van der Waals surface area contributed by atoms with E-state index in [1.165, 1.54) is 4.90 Å². The van der Waals surface area contributed by atoms with Crippen LogP contribution >= 0.6 is 0 Å². The first-order chi connectivity index (χ1) is 16.1. The number of aryl methyl sites for hydroxylation is 1. The smallest absolute Gasteiger partial charge is 0.339 e. The number of aromatic nitrogens is 2. The van der Waals surface area contributed by atoms with E-state index in [-0.39, 0.29) is 48.1 Å². The topological polar surface area (TPSA) is 72.3 Å². The number of amides is 1. The second-order valence-electron chi connectivity index (χ2n) is 8.28. The zero-order valence-corrected chi connectivity index (χ0v) is 19.3. The largest absolute Gasteiger partial charge is 0.416 e. The fourth-order valence-corrected chi connectivity index (χ4v) is 4.90. The van der Waals surface area contributed by atoms with Gasteiger partial charge in [-0.1, -0.05) is 12.1 Å². The Kier molecular flexibility index (Phi) is 7.68. The Hall–Kier alpha value is -2.83. The van der Waals surface area contributed by atoms with E-state index >= 15 is 0 Å². The molecule has 6 nitrogen and oxygen atoms in total. The Labute approximate surface area is 197 Å². The lowest BCUT2D eigenvalue weighted by molar-refractivity contribution is -0.137. The maximum atomic E-state index is 12.8. The number of carbonyl (C=O) groups is 1. The van der Waals surface area contributed by atoms with Crippen molar-refractivity contribution in [2.45, 2.75) is 38.2 Å². The minimum atomic E-state index is -4.56. The van der Waals surface area contributed by atoms with Crippen LogP contribution in [0, 0.1) is 0 Å². The van der Waals surface area contributed by atoms with E-state index in [2.05, 4.69) is 10.9 Å². The van der Waals surface area contributed by atoms with Gasteiger partial charge in [-0.15, -0.1) is 0 Å². The third kappa shape index (κ3) is 7.33. The van der Waals surface area contributed by atoms with Gasteiger partial charge in [-0.3, -0.25) is 18.4 Å². The van der Waals surface area contributed by atoms with Gasteiger partial charge in [0.05, 0.1) is 11.3 Å². The minimum Gasteiger partial charge on any atom is -0.339 e. The molecule has 1 aliphatic heterocycles. The lowest BCUT2D eigenvalue weighted by Gasteiger charge is -2.29. The normalized spacial score (nSPS) is 16.3. The number of hydrogen-bond acceptors (Lipinski definition) is 4. The molecule has 1 aromatic carbocycles. The van der Waals surface area contributed by atoms with Crippen molar-refractivity contribution >= 4 is 21.3 Å². The molecule has 0 spiro atoms. The molecule has 0 N–H and O–H groups in total. The summed E-state index contributed by atoms with van der Waals surface area (Å²) in [7, 11) is -2.26. The van der Waals surface area contributed by atoms with Gasteiger partial charge in [0.2, 0.25) is 5.91 Å². The number of halogens is 6. The summed E-state index contributed by atoms with van der Waals surface area (Å²) in [6.07, 6.45) is -10.8. The maximum absolute atomic E-state index is 12.8. The molecule has 3 rings (SSSR count). The Morgan fingerprint density at radius 1 is 1.06 bits per heavy atom. The first kappa shape index (κ1) is 26.8. The molecule has 0 bridgehead atoms. The van der Waals surface area contributed by atoms with Crippen LogP contribution in [0.15, 0.2) is 35.1 Å². The molecule has 0 unspecified atom stereocenters. The van der Waals surface area contributed by atoms with Crippen LogP contribution in [0.1, 0.15) is 24.2 Å². The van der Waals surface area contributed by atoms with Crippen molar-refractivity contribution in [3.8, 4) is 11.3 Å². The average molecular weight is 523 g/mol. The van der Waals surface area contributed by atoms with E-state index in [9.17, 15) is 40.1 Å². The molecule has 0 atom stereocenters. The number of nitrogens with zero attached hydrogens (tertiary/aromatic N) is 3. The highest BCUT2D eigenvalue weighted by Gasteiger charge is 2.30. The monoisotopic (exact) mass is 523 g/mol. The molecule has 0 radical (unpaired) electrons. The zero-order valence-electron chi connectivity index (χ0n) is 18.5. The summed E-state index contributed by atoms with van der Waals surface area (Å²) in [6.45, 7) is -0.119. The highest BCUT2D eigenvalue weighted by atomic mass is 32.2. The molecule has 2 aromatic rings. The van der Waals surface area contributed by atoms with Crippen molar-refractivity contribution in [2.75, 3.05) is 24.6 Å². The summed E-state index contributed by atoms with van der Waals surface area (Å²) in [5.41, 5.74) is -1.46. The molecule has 13 heteroatoms. The van der Waals surface area contributed by atoms with Gasteiger partial charge in [-0.2, -0.15) is 26.3 Å². The molecule has 0 saturated carbocycles.